The summed E-state index contributed by atoms with van der Waals surface area (Å²) in [7, 11) is -1.98. The molecule has 30 heavy (non-hydrogen) atoms. The first kappa shape index (κ1) is 20.9. The third-order valence-electron chi connectivity index (χ3n) is 5.01. The van der Waals surface area contributed by atoms with E-state index in [2.05, 4.69) is 4.98 Å². The molecule has 1 aliphatic heterocycles. The minimum Gasteiger partial charge on any atom is -0.497 e. The van der Waals surface area contributed by atoms with Crippen LogP contribution in [0.1, 0.15) is 19.8 Å². The molecular formula is C21H24N2O5S2. The number of hydrogen-bond donors (Lipinski definition) is 0. The van der Waals surface area contributed by atoms with E-state index in [0.29, 0.717) is 43.5 Å². The summed E-state index contributed by atoms with van der Waals surface area (Å²) in [5.74, 6) is 1.17. The summed E-state index contributed by atoms with van der Waals surface area (Å²) in [5, 5.41) is 0.598. The molecule has 7 nitrogen and oxygen atoms in total. The third kappa shape index (κ3) is 4.23. The maximum absolute atomic E-state index is 13.1. The lowest BCUT2D eigenvalue weighted by atomic mass is 10.1. The molecule has 0 unspecified atom stereocenters. The van der Waals surface area contributed by atoms with Gasteiger partial charge < -0.3 is 14.2 Å². The van der Waals surface area contributed by atoms with Crippen LogP contribution in [-0.4, -0.2) is 50.6 Å². The van der Waals surface area contributed by atoms with E-state index in [1.54, 1.807) is 31.4 Å². The molecule has 0 atom stereocenters. The molecular weight excluding hydrogens is 424 g/mol. The van der Waals surface area contributed by atoms with Gasteiger partial charge in [-0.25, -0.2) is 13.4 Å². The second-order valence-electron chi connectivity index (χ2n) is 6.91. The van der Waals surface area contributed by atoms with Crippen LogP contribution in [0.3, 0.4) is 0 Å². The maximum Gasteiger partial charge on any atom is 0.274 e. The van der Waals surface area contributed by atoms with Gasteiger partial charge in [-0.1, -0.05) is 23.5 Å². The topological polar surface area (TPSA) is 78.0 Å². The highest BCUT2D eigenvalue weighted by molar-refractivity contribution is 7.89. The van der Waals surface area contributed by atoms with Crippen molar-refractivity contribution in [3.8, 4) is 16.7 Å². The Morgan fingerprint density at radius 2 is 1.93 bits per heavy atom. The predicted octanol–water partition coefficient (Wildman–Crippen LogP) is 3.94. The van der Waals surface area contributed by atoms with Gasteiger partial charge in [0.25, 0.3) is 5.19 Å². The van der Waals surface area contributed by atoms with Gasteiger partial charge in [-0.3, -0.25) is 0 Å². The molecule has 0 amide bonds. The van der Waals surface area contributed by atoms with Crippen molar-refractivity contribution in [1.82, 2.24) is 9.29 Å². The van der Waals surface area contributed by atoms with E-state index < -0.39 is 10.0 Å². The quantitative estimate of drug-likeness (QED) is 0.545. The van der Waals surface area contributed by atoms with Crippen molar-refractivity contribution in [1.29, 1.82) is 0 Å². The van der Waals surface area contributed by atoms with Gasteiger partial charge >= 0.3 is 0 Å². The van der Waals surface area contributed by atoms with Crippen molar-refractivity contribution in [2.75, 3.05) is 26.8 Å². The van der Waals surface area contributed by atoms with Gasteiger partial charge in [0.15, 0.2) is 0 Å². The summed E-state index contributed by atoms with van der Waals surface area (Å²) >= 11 is 1.47. The predicted molar refractivity (Wildman–Crippen MR) is 116 cm³/mol. The summed E-state index contributed by atoms with van der Waals surface area (Å²) in [5.41, 5.74) is 0.864. The standard InChI is InChI=1S/C21H24N2O5S2/c1-3-27-18-6-4-5-7-20(18)30(24,25)23-12-10-15(11-13-23)28-21-22-17-9-8-16(26-2)14-19(17)29-21/h4-9,14-15H,3,10-13H2,1-2H3. The lowest BCUT2D eigenvalue weighted by Crippen LogP contribution is -2.41. The van der Waals surface area contributed by atoms with Crippen LogP contribution in [0, 0.1) is 0 Å². The number of rotatable bonds is 7. The average Bonchev–Trinajstić information content (AvgIpc) is 3.16. The van der Waals surface area contributed by atoms with E-state index in [1.807, 2.05) is 25.1 Å². The van der Waals surface area contributed by atoms with E-state index in [9.17, 15) is 8.42 Å². The number of thiazole rings is 1. The van der Waals surface area contributed by atoms with E-state index in [0.717, 1.165) is 16.0 Å². The van der Waals surface area contributed by atoms with Crippen molar-refractivity contribution in [3.63, 3.8) is 0 Å². The Morgan fingerprint density at radius 3 is 2.67 bits per heavy atom. The number of hydrogen-bond acceptors (Lipinski definition) is 7. The first-order valence-corrected chi connectivity index (χ1v) is 12.1. The zero-order valence-corrected chi connectivity index (χ0v) is 18.5. The first-order valence-electron chi connectivity index (χ1n) is 9.84. The number of nitrogens with zero attached hydrogens (tertiary/aromatic N) is 2. The summed E-state index contributed by atoms with van der Waals surface area (Å²) in [6, 6.07) is 12.5. The normalized spacial score (nSPS) is 15.9. The van der Waals surface area contributed by atoms with Crippen LogP contribution >= 0.6 is 11.3 Å². The van der Waals surface area contributed by atoms with Crippen LogP contribution in [0.25, 0.3) is 10.2 Å². The fraction of sp³-hybridized carbons (Fsp3) is 0.381. The molecule has 160 valence electrons. The molecule has 1 aliphatic rings. The Hall–Kier alpha value is -2.36. The Balaban J connectivity index is 1.42. The van der Waals surface area contributed by atoms with Crippen LogP contribution < -0.4 is 14.2 Å². The van der Waals surface area contributed by atoms with Crippen molar-refractivity contribution in [3.05, 3.63) is 42.5 Å². The summed E-state index contributed by atoms with van der Waals surface area (Å²) in [6.07, 6.45) is 1.14. The molecule has 0 spiro atoms. The number of ether oxygens (including phenoxy) is 3. The fourth-order valence-corrected chi connectivity index (χ4v) is 5.98. The van der Waals surface area contributed by atoms with Crippen LogP contribution in [0.4, 0.5) is 0 Å². The van der Waals surface area contributed by atoms with Crippen LogP contribution in [0.2, 0.25) is 0 Å². The number of aromatic nitrogens is 1. The summed E-state index contributed by atoms with van der Waals surface area (Å²) in [4.78, 5) is 4.74. The largest absolute Gasteiger partial charge is 0.497 e. The van der Waals surface area contributed by atoms with E-state index >= 15 is 0 Å². The van der Waals surface area contributed by atoms with Gasteiger partial charge in [-0.2, -0.15) is 4.31 Å². The molecule has 0 bridgehead atoms. The smallest absolute Gasteiger partial charge is 0.274 e. The van der Waals surface area contributed by atoms with Crippen LogP contribution in [-0.2, 0) is 10.0 Å². The van der Waals surface area contributed by atoms with Crippen molar-refractivity contribution in [2.24, 2.45) is 0 Å². The number of piperidine rings is 1. The Bertz CT molecular complexity index is 1120. The molecule has 1 saturated heterocycles. The number of sulfonamides is 1. The van der Waals surface area contributed by atoms with Crippen molar-refractivity contribution >= 4 is 31.6 Å². The Labute approximate surface area is 180 Å². The van der Waals surface area contributed by atoms with Gasteiger partial charge in [0, 0.05) is 13.1 Å². The van der Waals surface area contributed by atoms with Crippen molar-refractivity contribution < 1.29 is 22.6 Å². The molecule has 2 aromatic carbocycles. The third-order valence-corrected chi connectivity index (χ3v) is 7.86. The minimum atomic E-state index is -3.61. The summed E-state index contributed by atoms with van der Waals surface area (Å²) < 4.78 is 45.6. The zero-order chi connectivity index (χ0) is 21.1. The van der Waals surface area contributed by atoms with Crippen LogP contribution in [0.15, 0.2) is 47.4 Å². The highest BCUT2D eigenvalue weighted by Gasteiger charge is 2.32. The highest BCUT2D eigenvalue weighted by atomic mass is 32.2. The molecule has 9 heteroatoms. The van der Waals surface area contributed by atoms with E-state index in [-0.39, 0.29) is 11.0 Å². The minimum absolute atomic E-state index is 0.0685. The van der Waals surface area contributed by atoms with Gasteiger partial charge in [0.1, 0.15) is 22.5 Å². The number of methoxy groups -OCH3 is 1. The number of para-hydroxylation sites is 1. The molecule has 0 N–H and O–H groups in total. The molecule has 4 rings (SSSR count). The molecule has 1 aromatic heterocycles. The van der Waals surface area contributed by atoms with Gasteiger partial charge in [-0.05, 0) is 50.1 Å². The Kier molecular flexibility index (Phi) is 6.12. The average molecular weight is 449 g/mol. The molecule has 0 radical (unpaired) electrons. The first-order chi connectivity index (χ1) is 14.5. The number of fused-ring (bicyclic) bond motifs is 1. The Morgan fingerprint density at radius 1 is 1.17 bits per heavy atom. The molecule has 2 heterocycles. The second kappa shape index (κ2) is 8.79. The monoisotopic (exact) mass is 448 g/mol. The lowest BCUT2D eigenvalue weighted by molar-refractivity contribution is 0.135. The second-order valence-corrected chi connectivity index (χ2v) is 9.81. The highest BCUT2D eigenvalue weighted by Crippen LogP contribution is 2.33. The van der Waals surface area contributed by atoms with Crippen molar-refractivity contribution in [2.45, 2.75) is 30.8 Å². The van der Waals surface area contributed by atoms with Crippen LogP contribution in [0.5, 0.6) is 16.7 Å². The van der Waals surface area contributed by atoms with Gasteiger partial charge in [0.05, 0.1) is 23.9 Å². The van der Waals surface area contributed by atoms with Gasteiger partial charge in [0.2, 0.25) is 10.0 Å². The van der Waals surface area contributed by atoms with E-state index in [1.165, 1.54) is 15.6 Å². The lowest BCUT2D eigenvalue weighted by Gasteiger charge is -2.31. The molecule has 3 aromatic rings. The molecule has 1 fully saturated rings. The SMILES string of the molecule is CCOc1ccccc1S(=O)(=O)N1CCC(Oc2nc3ccc(OC)cc3s2)CC1. The van der Waals surface area contributed by atoms with Gasteiger partial charge in [-0.15, -0.1) is 0 Å². The number of benzene rings is 2. The molecule has 0 aliphatic carbocycles. The summed E-state index contributed by atoms with van der Waals surface area (Å²) in [6.45, 7) is 3.04. The zero-order valence-electron chi connectivity index (χ0n) is 16.9. The van der Waals surface area contributed by atoms with E-state index in [4.69, 9.17) is 14.2 Å². The maximum atomic E-state index is 13.1. The fourth-order valence-electron chi connectivity index (χ4n) is 3.47. The molecule has 0 saturated carbocycles.